The van der Waals surface area contributed by atoms with Gasteiger partial charge in [-0.25, -0.2) is 0 Å². The van der Waals surface area contributed by atoms with Crippen LogP contribution in [-0.4, -0.2) is 12.5 Å². The zero-order valence-electron chi connectivity index (χ0n) is 12.8. The summed E-state index contributed by atoms with van der Waals surface area (Å²) in [6, 6.07) is 3.64. The lowest BCUT2D eigenvalue weighted by atomic mass is 10.0. The van der Waals surface area contributed by atoms with Crippen LogP contribution in [0.1, 0.15) is 43.6 Å². The predicted octanol–water partition coefficient (Wildman–Crippen LogP) is 3.75. The molecule has 4 heteroatoms. The highest BCUT2D eigenvalue weighted by Crippen LogP contribution is 2.67. The number of carbonyl (C=O) groups excluding carboxylic acids is 1. The molecule has 0 unspecified atom stereocenters. The molecule has 1 saturated carbocycles. The summed E-state index contributed by atoms with van der Waals surface area (Å²) in [4.78, 5) is 12.3. The molecule has 1 aliphatic rings. The molecule has 1 amide bonds. The van der Waals surface area contributed by atoms with E-state index >= 15 is 0 Å². The summed E-state index contributed by atoms with van der Waals surface area (Å²) in [5.41, 5.74) is 8.59. The van der Waals surface area contributed by atoms with Crippen molar-refractivity contribution in [1.29, 1.82) is 0 Å². The Morgan fingerprint density at radius 3 is 2.35 bits per heavy atom. The van der Waals surface area contributed by atoms with Crippen LogP contribution in [0.15, 0.2) is 16.6 Å². The van der Waals surface area contributed by atoms with E-state index in [1.54, 1.807) is 0 Å². The summed E-state index contributed by atoms with van der Waals surface area (Å²) in [6.07, 6.45) is 0. The van der Waals surface area contributed by atoms with Gasteiger partial charge in [-0.2, -0.15) is 0 Å². The minimum Gasteiger partial charge on any atom is -0.398 e. The minimum atomic E-state index is -0.0472. The lowest BCUT2D eigenvalue weighted by Crippen LogP contribution is -2.28. The van der Waals surface area contributed by atoms with E-state index in [9.17, 15) is 4.79 Å². The van der Waals surface area contributed by atoms with Crippen molar-refractivity contribution in [2.45, 2.75) is 34.6 Å². The van der Waals surface area contributed by atoms with Crippen molar-refractivity contribution in [1.82, 2.24) is 5.32 Å². The number of benzene rings is 1. The van der Waals surface area contributed by atoms with Crippen LogP contribution in [-0.2, 0) is 0 Å². The Morgan fingerprint density at radius 2 is 1.85 bits per heavy atom. The minimum absolute atomic E-state index is 0.0472. The van der Waals surface area contributed by atoms with Crippen LogP contribution in [0.3, 0.4) is 0 Å². The van der Waals surface area contributed by atoms with E-state index in [1.165, 1.54) is 0 Å². The molecular weight excluding hydrogens is 316 g/mol. The van der Waals surface area contributed by atoms with E-state index in [0.717, 1.165) is 10.0 Å². The van der Waals surface area contributed by atoms with Crippen LogP contribution < -0.4 is 11.1 Å². The Kier molecular flexibility index (Phi) is 3.66. The molecule has 110 valence electrons. The van der Waals surface area contributed by atoms with Gasteiger partial charge in [0.05, 0.1) is 0 Å². The summed E-state index contributed by atoms with van der Waals surface area (Å²) < 4.78 is 0.831. The van der Waals surface area contributed by atoms with Gasteiger partial charge in [-0.1, -0.05) is 43.6 Å². The number of hydrogen-bond donors (Lipinski definition) is 2. The van der Waals surface area contributed by atoms with Crippen molar-refractivity contribution < 1.29 is 4.79 Å². The first-order chi connectivity index (χ1) is 9.09. The number of amides is 1. The fraction of sp³-hybridized carbons (Fsp3) is 0.562. The van der Waals surface area contributed by atoms with Crippen molar-refractivity contribution in [2.75, 3.05) is 12.3 Å². The molecule has 0 bridgehead atoms. The SMILES string of the molecule is Cc1c(N)cc(Br)cc1C(=O)NCC1C(C)(C)C1(C)C. The van der Waals surface area contributed by atoms with Gasteiger partial charge in [0.25, 0.3) is 5.91 Å². The summed E-state index contributed by atoms with van der Waals surface area (Å²) in [6.45, 7) is 11.6. The van der Waals surface area contributed by atoms with Gasteiger partial charge in [-0.3, -0.25) is 4.79 Å². The number of nitrogens with two attached hydrogens (primary N) is 1. The van der Waals surface area contributed by atoms with Gasteiger partial charge in [0.15, 0.2) is 0 Å². The van der Waals surface area contributed by atoms with Gasteiger partial charge in [0, 0.05) is 22.3 Å². The molecule has 3 nitrogen and oxygen atoms in total. The number of nitrogen functional groups attached to an aromatic ring is 1. The Labute approximate surface area is 129 Å². The van der Waals surface area contributed by atoms with Crippen LogP contribution in [0.25, 0.3) is 0 Å². The predicted molar refractivity (Wildman–Crippen MR) is 86.7 cm³/mol. The van der Waals surface area contributed by atoms with Crippen LogP contribution in [0.4, 0.5) is 5.69 Å². The number of hydrogen-bond acceptors (Lipinski definition) is 2. The number of nitrogens with one attached hydrogen (secondary N) is 1. The molecule has 1 aromatic carbocycles. The molecule has 0 saturated heterocycles. The molecule has 0 heterocycles. The van der Waals surface area contributed by atoms with Crippen molar-refractivity contribution >= 4 is 27.5 Å². The van der Waals surface area contributed by atoms with Crippen LogP contribution in [0, 0.1) is 23.7 Å². The Hall–Kier alpha value is -1.03. The molecule has 1 aromatic rings. The molecule has 0 atom stereocenters. The molecule has 0 radical (unpaired) electrons. The number of carbonyl (C=O) groups is 1. The lowest BCUT2D eigenvalue weighted by Gasteiger charge is -2.11. The van der Waals surface area contributed by atoms with Gasteiger partial charge < -0.3 is 11.1 Å². The highest BCUT2D eigenvalue weighted by Gasteiger charge is 2.64. The van der Waals surface area contributed by atoms with Gasteiger partial charge in [0.1, 0.15) is 0 Å². The lowest BCUT2D eigenvalue weighted by molar-refractivity contribution is 0.0949. The molecule has 0 spiro atoms. The van der Waals surface area contributed by atoms with Gasteiger partial charge >= 0.3 is 0 Å². The van der Waals surface area contributed by atoms with Crippen molar-refractivity contribution in [3.05, 3.63) is 27.7 Å². The first kappa shape index (κ1) is 15.4. The van der Waals surface area contributed by atoms with Gasteiger partial charge in [-0.15, -0.1) is 0 Å². The summed E-state index contributed by atoms with van der Waals surface area (Å²) in [5.74, 6) is 0.470. The second kappa shape index (κ2) is 4.76. The van der Waals surface area contributed by atoms with Crippen molar-refractivity contribution in [3.8, 4) is 0 Å². The topological polar surface area (TPSA) is 55.1 Å². The summed E-state index contributed by atoms with van der Waals surface area (Å²) >= 11 is 3.38. The first-order valence-electron chi connectivity index (χ1n) is 6.93. The second-order valence-electron chi connectivity index (χ2n) is 6.87. The van der Waals surface area contributed by atoms with Crippen molar-refractivity contribution in [2.24, 2.45) is 16.7 Å². The third-order valence-electron chi connectivity index (χ3n) is 5.44. The first-order valence-corrected chi connectivity index (χ1v) is 7.72. The zero-order chi connectivity index (χ0) is 15.3. The van der Waals surface area contributed by atoms with Crippen LogP contribution >= 0.6 is 15.9 Å². The van der Waals surface area contributed by atoms with E-state index in [2.05, 4.69) is 48.9 Å². The quantitative estimate of drug-likeness (QED) is 0.824. The molecule has 2 rings (SSSR count). The summed E-state index contributed by atoms with van der Waals surface area (Å²) in [5, 5.41) is 3.05. The van der Waals surface area contributed by atoms with E-state index in [4.69, 9.17) is 5.73 Å². The monoisotopic (exact) mass is 338 g/mol. The normalized spacial score (nSPS) is 19.7. The molecule has 0 aliphatic heterocycles. The smallest absolute Gasteiger partial charge is 0.251 e. The average molecular weight is 339 g/mol. The number of anilines is 1. The van der Waals surface area contributed by atoms with E-state index < -0.39 is 0 Å². The molecular formula is C16H23BrN2O. The third kappa shape index (κ3) is 2.34. The number of halogens is 1. The maximum absolute atomic E-state index is 12.3. The second-order valence-corrected chi connectivity index (χ2v) is 7.79. The highest BCUT2D eigenvalue weighted by molar-refractivity contribution is 9.10. The molecule has 20 heavy (non-hydrogen) atoms. The van der Waals surface area contributed by atoms with Gasteiger partial charge in [-0.05, 0) is 41.4 Å². The summed E-state index contributed by atoms with van der Waals surface area (Å²) in [7, 11) is 0. The molecule has 1 aliphatic carbocycles. The highest BCUT2D eigenvalue weighted by atomic mass is 79.9. The van der Waals surface area contributed by atoms with E-state index in [-0.39, 0.29) is 16.7 Å². The van der Waals surface area contributed by atoms with E-state index in [1.807, 2.05) is 19.1 Å². The molecule has 1 fully saturated rings. The zero-order valence-corrected chi connectivity index (χ0v) is 14.4. The maximum atomic E-state index is 12.3. The Balaban J connectivity index is 2.08. The molecule has 3 N–H and O–H groups in total. The molecule has 0 aromatic heterocycles. The van der Waals surface area contributed by atoms with Crippen LogP contribution in [0.2, 0.25) is 0 Å². The van der Waals surface area contributed by atoms with Crippen LogP contribution in [0.5, 0.6) is 0 Å². The third-order valence-corrected chi connectivity index (χ3v) is 5.90. The van der Waals surface area contributed by atoms with Gasteiger partial charge in [0.2, 0.25) is 0 Å². The van der Waals surface area contributed by atoms with Crippen molar-refractivity contribution in [3.63, 3.8) is 0 Å². The van der Waals surface area contributed by atoms with E-state index in [0.29, 0.717) is 23.7 Å². The fourth-order valence-electron chi connectivity index (χ4n) is 3.07. The number of rotatable bonds is 3. The fourth-order valence-corrected chi connectivity index (χ4v) is 3.54. The largest absolute Gasteiger partial charge is 0.398 e. The average Bonchev–Trinajstić information content (AvgIpc) is 2.71. The standard InChI is InChI=1S/C16H23BrN2O/c1-9-11(6-10(17)7-12(9)18)14(20)19-8-13-15(2,3)16(13,4)5/h6-7,13H,8,18H2,1-5H3,(H,19,20). The maximum Gasteiger partial charge on any atom is 0.251 e. The Morgan fingerprint density at radius 1 is 1.30 bits per heavy atom. The Bertz CT molecular complexity index is 550.